The molecule has 23 heteroatoms. The second-order valence-corrected chi connectivity index (χ2v) is 20.2. The van der Waals surface area contributed by atoms with Crippen LogP contribution >= 0.6 is 43.2 Å². The Morgan fingerprint density at radius 3 is 1.30 bits per heavy atom. The number of carboxylic acid groups (broad SMARTS) is 1. The van der Waals surface area contributed by atoms with E-state index in [9.17, 15) is 48.3 Å². The highest BCUT2D eigenvalue weighted by Gasteiger charge is 2.38. The molecule has 360 valence electrons. The van der Waals surface area contributed by atoms with E-state index in [1.54, 1.807) is 55.6 Å². The Morgan fingerprint density at radius 1 is 0.561 bits per heavy atom. The standard InChI is InChI=1S/C13H14N2O4S2.C12H23N.C9H8N2O7.C9H11NO2S2/c16-11-6-7-12(17)15(11)19-13(18)5-3-9-20-21-10-4-1-2-8-14-10;1-3-7-11(8-4-1)13-12-9-5-2-6-10-12;12-5-1-2-6(13)10(5)17-9(16)18-11-7(14)3-4-8(11)15;11-9(12)5-3-7-13-14-8-4-1-2-6-10-8/h1-2,4,8H,3,5-7,9H2;11-13H,1-10H2;1-4H2;1-2,4,6H,3,5,7H2,(H,11,12). The van der Waals surface area contributed by atoms with E-state index in [-0.39, 0.29) is 61.5 Å². The minimum absolute atomic E-state index is 0.0618. The summed E-state index contributed by atoms with van der Waals surface area (Å²) < 4.78 is 0. The first-order valence-corrected chi connectivity index (χ1v) is 26.7. The van der Waals surface area contributed by atoms with E-state index in [1.807, 2.05) is 36.4 Å². The average Bonchev–Trinajstić information content (AvgIpc) is 3.94. The fourth-order valence-corrected chi connectivity index (χ4v) is 10.8. The van der Waals surface area contributed by atoms with Crippen LogP contribution in [0.3, 0.4) is 0 Å². The Balaban J connectivity index is 0.000000196. The number of aromatic nitrogens is 2. The van der Waals surface area contributed by atoms with Gasteiger partial charge >= 0.3 is 12.1 Å². The van der Waals surface area contributed by atoms with Crippen LogP contribution in [0, 0.1) is 0 Å². The summed E-state index contributed by atoms with van der Waals surface area (Å²) in [7, 11) is 6.31. The molecule has 0 aromatic carbocycles. The van der Waals surface area contributed by atoms with Crippen molar-refractivity contribution in [2.45, 2.75) is 151 Å². The number of nitrogens with zero attached hydrogens (tertiary/aromatic N) is 5. The summed E-state index contributed by atoms with van der Waals surface area (Å²) in [6.45, 7) is 0. The van der Waals surface area contributed by atoms with Gasteiger partial charge in [-0.15, -0.1) is 5.06 Å². The Labute approximate surface area is 399 Å². The summed E-state index contributed by atoms with van der Waals surface area (Å²) in [5.74, 6) is -3.62. The molecule has 2 N–H and O–H groups in total. The molecule has 0 unspecified atom stereocenters. The van der Waals surface area contributed by atoms with Crippen LogP contribution < -0.4 is 10.4 Å². The van der Waals surface area contributed by atoms with Crippen molar-refractivity contribution in [3.05, 3.63) is 48.8 Å². The zero-order chi connectivity index (χ0) is 47.5. The molecule has 5 fully saturated rings. The number of rotatable bonds is 17. The molecular formula is C43H56N6O13S4. The molecule has 3 aliphatic heterocycles. The van der Waals surface area contributed by atoms with Crippen molar-refractivity contribution in [1.82, 2.24) is 25.2 Å². The van der Waals surface area contributed by atoms with E-state index in [4.69, 9.17) is 4.84 Å². The molecule has 3 saturated heterocycles. The number of nitrogens with two attached hydrogens (primary N) is 1. The van der Waals surface area contributed by atoms with Gasteiger partial charge in [0.05, 0.1) is 12.1 Å². The van der Waals surface area contributed by atoms with E-state index in [2.05, 4.69) is 25.0 Å². The summed E-state index contributed by atoms with van der Waals surface area (Å²) in [5, 5.41) is 15.8. The van der Waals surface area contributed by atoms with Crippen molar-refractivity contribution < 1.29 is 68.1 Å². The van der Waals surface area contributed by atoms with Gasteiger partial charge in [-0.1, -0.05) is 56.7 Å². The monoisotopic (exact) mass is 992 g/mol. The third-order valence-electron chi connectivity index (χ3n) is 10.2. The van der Waals surface area contributed by atoms with Crippen molar-refractivity contribution >= 4 is 96.7 Å². The number of amides is 6. The molecule has 0 bridgehead atoms. The van der Waals surface area contributed by atoms with Crippen molar-refractivity contribution in [2.24, 2.45) is 0 Å². The molecule has 5 aliphatic rings. The van der Waals surface area contributed by atoms with Crippen LogP contribution in [-0.2, 0) is 52.9 Å². The number of aliphatic carboxylic acids is 1. The maximum Gasteiger partial charge on any atom is 0.560 e. The summed E-state index contributed by atoms with van der Waals surface area (Å²) in [6.07, 6.45) is 18.5. The zero-order valence-electron chi connectivity index (χ0n) is 36.6. The van der Waals surface area contributed by atoms with Crippen LogP contribution in [0.5, 0.6) is 0 Å². The highest BCUT2D eigenvalue weighted by atomic mass is 33.1. The molecule has 2 aromatic rings. The number of pyridine rings is 2. The van der Waals surface area contributed by atoms with E-state index in [0.29, 0.717) is 17.9 Å². The number of carbonyl (C=O) groups is 9. The fraction of sp³-hybridized carbons (Fsp3) is 0.558. The van der Waals surface area contributed by atoms with Crippen molar-refractivity contribution in [1.29, 1.82) is 0 Å². The van der Waals surface area contributed by atoms with Crippen molar-refractivity contribution in [3.8, 4) is 0 Å². The van der Waals surface area contributed by atoms with Gasteiger partial charge in [-0.25, -0.2) is 14.8 Å². The minimum Gasteiger partial charge on any atom is -0.550 e. The summed E-state index contributed by atoms with van der Waals surface area (Å²) >= 11 is 0. The molecule has 7 rings (SSSR count). The Hall–Kier alpha value is -4.71. The summed E-state index contributed by atoms with van der Waals surface area (Å²) in [6, 6.07) is 13.4. The van der Waals surface area contributed by atoms with Crippen LogP contribution in [0.2, 0.25) is 0 Å². The smallest absolute Gasteiger partial charge is 0.550 e. The third-order valence-corrected chi connectivity index (χ3v) is 14.9. The number of quaternary nitrogens is 1. The Kier molecular flexibility index (Phi) is 25.0. The molecule has 66 heavy (non-hydrogen) atoms. The summed E-state index contributed by atoms with van der Waals surface area (Å²) in [4.78, 5) is 121. The lowest BCUT2D eigenvalue weighted by atomic mass is 9.91. The predicted molar refractivity (Wildman–Crippen MR) is 241 cm³/mol. The van der Waals surface area contributed by atoms with Crippen LogP contribution in [0.15, 0.2) is 58.8 Å². The fourth-order valence-electron chi connectivity index (χ4n) is 6.87. The maximum absolute atomic E-state index is 11.5. The quantitative estimate of drug-likeness (QED) is 0.124. The lowest BCUT2D eigenvalue weighted by Crippen LogP contribution is -2.95. The zero-order valence-corrected chi connectivity index (χ0v) is 39.8. The predicted octanol–water partition coefficient (Wildman–Crippen LogP) is 5.04. The third kappa shape index (κ3) is 20.9. The molecule has 0 radical (unpaired) electrons. The first-order chi connectivity index (χ1) is 31.9. The molecule has 0 spiro atoms. The first kappa shape index (κ1) is 53.9. The average molecular weight is 993 g/mol. The van der Waals surface area contributed by atoms with Crippen molar-refractivity contribution in [2.75, 3.05) is 11.5 Å². The van der Waals surface area contributed by atoms with Gasteiger partial charge in [0.15, 0.2) is 0 Å². The van der Waals surface area contributed by atoms with E-state index in [1.165, 1.54) is 64.2 Å². The van der Waals surface area contributed by atoms with E-state index in [0.717, 1.165) is 33.6 Å². The molecule has 19 nitrogen and oxygen atoms in total. The van der Waals surface area contributed by atoms with Gasteiger partial charge in [-0.3, -0.25) is 38.4 Å². The van der Waals surface area contributed by atoms with Gasteiger partial charge in [0.2, 0.25) is 0 Å². The number of hydroxylamine groups is 6. The Morgan fingerprint density at radius 2 is 0.939 bits per heavy atom. The number of hydrogen-bond donors (Lipinski definition) is 1. The normalized spacial score (nSPS) is 17.6. The SMILES string of the molecule is C1CCC([NH2+]C2CCCCC2)CC1.O=C(CCCSSc1ccccn1)ON1C(=O)CCC1=O.O=C(ON1C(=O)CCC1=O)ON1C(=O)CCC1=O.O=C([O-])CCCSSc1ccccn1. The minimum atomic E-state index is -1.48. The maximum atomic E-state index is 11.5. The van der Waals surface area contributed by atoms with Crippen LogP contribution in [0.25, 0.3) is 0 Å². The van der Waals surface area contributed by atoms with Gasteiger partial charge in [-0.2, -0.15) is 4.79 Å². The second kappa shape index (κ2) is 30.6. The lowest BCUT2D eigenvalue weighted by Gasteiger charge is -2.27. The lowest BCUT2D eigenvalue weighted by molar-refractivity contribution is -0.725. The van der Waals surface area contributed by atoms with Crippen LogP contribution in [0.4, 0.5) is 4.79 Å². The molecule has 5 heterocycles. The Bertz CT molecular complexity index is 1820. The van der Waals surface area contributed by atoms with E-state index >= 15 is 0 Å². The van der Waals surface area contributed by atoms with E-state index < -0.39 is 53.5 Å². The molecular weight excluding hydrogens is 937 g/mol. The molecule has 2 aliphatic carbocycles. The van der Waals surface area contributed by atoms with Gasteiger partial charge in [0.1, 0.15) is 10.1 Å². The number of carboxylic acids is 1. The number of hydrogen-bond acceptors (Lipinski definition) is 19. The van der Waals surface area contributed by atoms with Gasteiger partial charge in [0, 0.05) is 74.8 Å². The van der Waals surface area contributed by atoms with Crippen molar-refractivity contribution in [3.63, 3.8) is 0 Å². The van der Waals surface area contributed by atoms with Gasteiger partial charge < -0.3 is 20.1 Å². The molecule has 2 saturated carbocycles. The second-order valence-electron chi connectivity index (χ2n) is 15.4. The highest BCUT2D eigenvalue weighted by molar-refractivity contribution is 8.77. The van der Waals surface area contributed by atoms with Crippen LogP contribution in [0.1, 0.15) is 128 Å². The van der Waals surface area contributed by atoms with Gasteiger partial charge in [0.25, 0.3) is 35.4 Å². The number of imide groups is 3. The molecule has 0 atom stereocenters. The summed E-state index contributed by atoms with van der Waals surface area (Å²) in [5.41, 5.74) is 0. The topological polar surface area (TPSA) is 256 Å². The number of carbonyl (C=O) groups excluding carboxylic acids is 9. The first-order valence-electron chi connectivity index (χ1n) is 22.0. The molecule has 6 amide bonds. The molecule has 2 aromatic heterocycles. The largest absolute Gasteiger partial charge is 0.560 e. The van der Waals surface area contributed by atoms with Gasteiger partial charge in [-0.05, 0) is 116 Å². The highest BCUT2D eigenvalue weighted by Crippen LogP contribution is 2.30. The van der Waals surface area contributed by atoms with Crippen LogP contribution in [-0.4, -0.2) is 102 Å².